The molecule has 55 heavy (non-hydrogen) atoms. The van der Waals surface area contributed by atoms with E-state index in [1.807, 2.05) is 18.7 Å². The van der Waals surface area contributed by atoms with E-state index < -0.39 is 6.09 Å². The van der Waals surface area contributed by atoms with E-state index in [-0.39, 0.29) is 43.6 Å². The molecule has 0 aromatic heterocycles. The monoisotopic (exact) mass is 802 g/mol. The number of hydrogen-bond acceptors (Lipinski definition) is 15. The van der Waals surface area contributed by atoms with Crippen molar-refractivity contribution >= 4 is 36.7 Å². The third-order valence-electron chi connectivity index (χ3n) is 9.99. The van der Waals surface area contributed by atoms with Crippen LogP contribution in [0.15, 0.2) is 12.2 Å². The number of likely N-dealkylation sites (tertiary alicyclic amines) is 3. The van der Waals surface area contributed by atoms with E-state index in [2.05, 4.69) is 58.8 Å². The van der Waals surface area contributed by atoms with Crippen molar-refractivity contribution in [3.8, 4) is 0 Å². The Labute approximate surface area is 334 Å². The summed E-state index contributed by atoms with van der Waals surface area (Å²) < 4.78 is 27.3. The van der Waals surface area contributed by atoms with Crippen molar-refractivity contribution in [2.45, 2.75) is 71.5 Å². The molecule has 3 fully saturated rings. The highest BCUT2D eigenvalue weighted by Gasteiger charge is 2.23. The Morgan fingerprint density at radius 2 is 1.20 bits per heavy atom. The average molecular weight is 803 g/mol. The van der Waals surface area contributed by atoms with Gasteiger partial charge in [0.2, 0.25) is 0 Å². The zero-order chi connectivity index (χ0) is 40.3. The molecule has 318 valence electrons. The molecule has 17 heteroatoms. The summed E-state index contributed by atoms with van der Waals surface area (Å²) in [5, 5.41) is 2.55. The van der Waals surface area contributed by atoms with Gasteiger partial charge in [0.15, 0.2) is 6.29 Å². The van der Waals surface area contributed by atoms with E-state index in [1.54, 1.807) is 0 Å². The zero-order valence-electron chi connectivity index (χ0n) is 34.0. The van der Waals surface area contributed by atoms with Gasteiger partial charge in [0.1, 0.15) is 0 Å². The van der Waals surface area contributed by atoms with Gasteiger partial charge in [-0.2, -0.15) is 0 Å². The Bertz CT molecular complexity index is 1080. The molecule has 0 aromatic carbocycles. The maximum absolute atomic E-state index is 11.5. The van der Waals surface area contributed by atoms with Crippen LogP contribution < -0.4 is 10.2 Å². The van der Waals surface area contributed by atoms with Crippen LogP contribution in [0.4, 0.5) is 4.79 Å². The molecule has 2 N–H and O–H groups in total. The summed E-state index contributed by atoms with van der Waals surface area (Å²) >= 11 is 3.56. The van der Waals surface area contributed by atoms with E-state index in [9.17, 15) is 19.2 Å². The van der Waals surface area contributed by atoms with Gasteiger partial charge in [0.25, 0.3) is 11.8 Å². The maximum Gasteiger partial charge on any atom is 0.407 e. The molecular formula is C38H70N6O10S. The van der Waals surface area contributed by atoms with Gasteiger partial charge in [0.05, 0.1) is 26.2 Å². The van der Waals surface area contributed by atoms with Crippen molar-refractivity contribution in [3.63, 3.8) is 0 Å². The summed E-state index contributed by atoms with van der Waals surface area (Å²) in [5.41, 5.74) is 0. The van der Waals surface area contributed by atoms with Gasteiger partial charge >= 0.3 is 12.1 Å². The van der Waals surface area contributed by atoms with Crippen molar-refractivity contribution in [1.29, 1.82) is 0 Å². The van der Waals surface area contributed by atoms with Gasteiger partial charge in [-0.3, -0.25) is 19.3 Å². The molecule has 0 saturated carbocycles. The van der Waals surface area contributed by atoms with Crippen LogP contribution in [0.2, 0.25) is 0 Å². The van der Waals surface area contributed by atoms with Crippen molar-refractivity contribution in [1.82, 2.24) is 29.8 Å². The number of hydrogen-bond donors (Lipinski definition) is 3. The Morgan fingerprint density at radius 1 is 0.745 bits per heavy atom. The van der Waals surface area contributed by atoms with Crippen LogP contribution in [0.5, 0.6) is 0 Å². The molecule has 3 amide bonds. The van der Waals surface area contributed by atoms with Crippen LogP contribution in [-0.4, -0.2) is 170 Å². The number of carbonyl (C=O) groups is 4. The first-order valence-electron chi connectivity index (χ1n) is 20.0. The van der Waals surface area contributed by atoms with E-state index >= 15 is 0 Å². The number of nitrogens with zero attached hydrogens (tertiary/aromatic N) is 4. The van der Waals surface area contributed by atoms with Crippen LogP contribution >= 0.6 is 12.8 Å². The van der Waals surface area contributed by atoms with Crippen molar-refractivity contribution in [2.24, 2.45) is 17.8 Å². The molecule has 0 unspecified atom stereocenters. The number of amides is 3. The summed E-state index contributed by atoms with van der Waals surface area (Å²) in [4.78, 5) is 59.6. The number of alkyl carbamates (subject to hydrolysis) is 1. The lowest BCUT2D eigenvalue weighted by molar-refractivity contribution is -0.148. The molecule has 3 saturated heterocycles. The van der Waals surface area contributed by atoms with Gasteiger partial charge in [-0.25, -0.2) is 4.79 Å². The SMILES string of the molecule is CCOC(CCOCC1CCN(C)CC1)OCC.CN1CCC(COC(=O)NCCN2C(=O)C=CC2=O)CC1.CN1CCC(COCCC(=O)ONS)CC1. The standard InChI is InChI=1S/C14H21N3O4.C14H29NO3.C10H20N2O3S/c1-16-7-4-11(5-8-16)10-21-14(20)15-6-9-17-12(18)2-3-13(17)19;1-4-17-14(18-5-2)8-11-16-12-13-6-9-15(3)10-7-13;1-12-5-2-9(3-6-12)8-14-7-4-10(13)15-11-16/h2-3,11H,4-10H2,1H3,(H,15,20);13-14H,4-12H2,1-3H3;9,11,16H,2-8H2,1H3. The van der Waals surface area contributed by atoms with E-state index in [0.717, 1.165) is 76.1 Å². The first-order chi connectivity index (χ1) is 26.5. The molecular weight excluding hydrogens is 733 g/mol. The lowest BCUT2D eigenvalue weighted by Crippen LogP contribution is -2.39. The van der Waals surface area contributed by atoms with Gasteiger partial charge < -0.3 is 48.5 Å². The van der Waals surface area contributed by atoms with Crippen molar-refractivity contribution in [3.05, 3.63) is 12.2 Å². The lowest BCUT2D eigenvalue weighted by Gasteiger charge is -2.28. The predicted octanol–water partition coefficient (Wildman–Crippen LogP) is 2.74. The molecule has 0 aromatic rings. The molecule has 4 aliphatic rings. The highest BCUT2D eigenvalue weighted by molar-refractivity contribution is 7.77. The summed E-state index contributed by atoms with van der Waals surface area (Å²) in [6.07, 6.45) is 9.89. The number of nitrogens with one attached hydrogen (secondary N) is 2. The topological polar surface area (TPSA) is 161 Å². The molecule has 0 radical (unpaired) electrons. The van der Waals surface area contributed by atoms with Crippen molar-refractivity contribution < 1.29 is 47.7 Å². The summed E-state index contributed by atoms with van der Waals surface area (Å²) in [5.74, 6) is 0.744. The van der Waals surface area contributed by atoms with Gasteiger partial charge in [0, 0.05) is 58.1 Å². The minimum Gasteiger partial charge on any atom is -0.449 e. The third kappa shape index (κ3) is 22.8. The summed E-state index contributed by atoms with van der Waals surface area (Å²) in [6, 6.07) is 0. The fourth-order valence-electron chi connectivity index (χ4n) is 6.38. The largest absolute Gasteiger partial charge is 0.449 e. The molecule has 0 spiro atoms. The minimum absolute atomic E-state index is 0.0995. The Morgan fingerprint density at radius 3 is 1.65 bits per heavy atom. The molecule has 0 aliphatic carbocycles. The predicted molar refractivity (Wildman–Crippen MR) is 212 cm³/mol. The van der Waals surface area contributed by atoms with Crippen LogP contribution in [0.1, 0.15) is 65.2 Å². The average Bonchev–Trinajstić information content (AvgIpc) is 3.49. The quantitative estimate of drug-likeness (QED) is 0.0542. The fraction of sp³-hybridized carbons (Fsp3) is 0.842. The minimum atomic E-state index is -0.499. The Kier molecular flexibility index (Phi) is 26.5. The number of thiol groups is 1. The molecule has 0 atom stereocenters. The second-order valence-corrected chi connectivity index (χ2v) is 14.7. The van der Waals surface area contributed by atoms with E-state index in [1.165, 1.54) is 50.9 Å². The second kappa shape index (κ2) is 29.8. The van der Waals surface area contributed by atoms with Gasteiger partial charge in [-0.1, -0.05) is 17.7 Å². The first kappa shape index (κ1) is 48.8. The van der Waals surface area contributed by atoms with Crippen LogP contribution in [-0.2, 0) is 42.9 Å². The number of imide groups is 1. The van der Waals surface area contributed by atoms with Gasteiger partial charge in [-0.15, -0.1) is 0 Å². The Balaban J connectivity index is 0.000000288. The second-order valence-electron chi connectivity index (χ2n) is 14.5. The molecule has 0 bridgehead atoms. The molecule has 4 aliphatic heterocycles. The highest BCUT2D eigenvalue weighted by atomic mass is 32.1. The smallest absolute Gasteiger partial charge is 0.407 e. The van der Waals surface area contributed by atoms with Crippen LogP contribution in [0, 0.1) is 17.8 Å². The normalized spacial score (nSPS) is 19.2. The van der Waals surface area contributed by atoms with Gasteiger partial charge in [-0.05, 0) is 131 Å². The number of piperidine rings is 3. The first-order valence-corrected chi connectivity index (χ1v) is 20.5. The highest BCUT2D eigenvalue weighted by Crippen LogP contribution is 2.18. The van der Waals surface area contributed by atoms with E-state index in [4.69, 9.17) is 23.7 Å². The van der Waals surface area contributed by atoms with Crippen LogP contribution in [0.25, 0.3) is 0 Å². The zero-order valence-corrected chi connectivity index (χ0v) is 34.9. The Hall–Kier alpha value is -2.35. The molecule has 4 heterocycles. The summed E-state index contributed by atoms with van der Waals surface area (Å²) in [7, 11) is 6.41. The van der Waals surface area contributed by atoms with Crippen LogP contribution in [0.3, 0.4) is 0 Å². The molecule has 16 nitrogen and oxygen atoms in total. The lowest BCUT2D eigenvalue weighted by atomic mass is 9.98. The third-order valence-corrected chi connectivity index (χ3v) is 10.1. The van der Waals surface area contributed by atoms with E-state index in [0.29, 0.717) is 38.3 Å². The fourth-order valence-corrected chi connectivity index (χ4v) is 6.48. The number of carbonyl (C=O) groups excluding carboxylic acids is 4. The van der Waals surface area contributed by atoms with Crippen molar-refractivity contribution in [2.75, 3.05) is 120 Å². The maximum atomic E-state index is 11.5. The number of rotatable bonds is 20. The summed E-state index contributed by atoms with van der Waals surface area (Å²) in [6.45, 7) is 15.7. The number of ether oxygens (including phenoxy) is 5. The molecule has 4 rings (SSSR count).